The Bertz CT molecular complexity index is 743. The standard InChI is InChI=1S/C17H24N2O4S/c1-4-12(2)18-17(21)8-10-24(22,23)15-5-6-16-14(11-15)7-9-19(16)13(3)20/h5-6,11-12H,4,7-10H2,1-3H3,(H,18,21). The average molecular weight is 352 g/mol. The van der Waals surface area contributed by atoms with Gasteiger partial charge in [0.15, 0.2) is 9.84 Å². The van der Waals surface area contributed by atoms with Crippen molar-refractivity contribution in [3.8, 4) is 0 Å². The van der Waals surface area contributed by atoms with E-state index in [9.17, 15) is 18.0 Å². The second-order valence-corrected chi connectivity index (χ2v) is 8.27. The topological polar surface area (TPSA) is 83.6 Å². The number of benzene rings is 1. The molecule has 0 aliphatic carbocycles. The van der Waals surface area contributed by atoms with Gasteiger partial charge in [0.2, 0.25) is 11.8 Å². The number of carbonyl (C=O) groups is 2. The lowest BCUT2D eigenvalue weighted by Crippen LogP contribution is -2.33. The first kappa shape index (κ1) is 18.4. The molecular weight excluding hydrogens is 328 g/mol. The Morgan fingerprint density at radius 2 is 2.04 bits per heavy atom. The second kappa shape index (κ2) is 7.34. The number of anilines is 1. The van der Waals surface area contributed by atoms with Gasteiger partial charge in [-0.05, 0) is 43.5 Å². The second-order valence-electron chi connectivity index (χ2n) is 6.16. The van der Waals surface area contributed by atoms with Crippen molar-refractivity contribution < 1.29 is 18.0 Å². The number of hydrogen-bond acceptors (Lipinski definition) is 4. The third kappa shape index (κ3) is 4.14. The molecule has 2 rings (SSSR count). The number of carbonyl (C=O) groups excluding carboxylic acids is 2. The van der Waals surface area contributed by atoms with E-state index >= 15 is 0 Å². The van der Waals surface area contributed by atoms with E-state index in [1.54, 1.807) is 17.0 Å². The van der Waals surface area contributed by atoms with Crippen LogP contribution in [0.4, 0.5) is 5.69 Å². The minimum absolute atomic E-state index is 0.0396. The minimum Gasteiger partial charge on any atom is -0.354 e. The molecule has 6 nitrogen and oxygen atoms in total. The summed E-state index contributed by atoms with van der Waals surface area (Å²) in [6.07, 6.45) is 1.39. The van der Waals surface area contributed by atoms with E-state index in [2.05, 4.69) is 5.32 Å². The highest BCUT2D eigenvalue weighted by atomic mass is 32.2. The van der Waals surface area contributed by atoms with Crippen LogP contribution in [0.3, 0.4) is 0 Å². The monoisotopic (exact) mass is 352 g/mol. The van der Waals surface area contributed by atoms with Gasteiger partial charge in [-0.1, -0.05) is 6.92 Å². The lowest BCUT2D eigenvalue weighted by molar-refractivity contribution is -0.121. The molecule has 0 radical (unpaired) electrons. The lowest BCUT2D eigenvalue weighted by atomic mass is 10.2. The van der Waals surface area contributed by atoms with Crippen molar-refractivity contribution in [2.45, 2.75) is 51.0 Å². The number of sulfone groups is 1. The van der Waals surface area contributed by atoms with Crippen LogP contribution in [0, 0.1) is 0 Å². The predicted octanol–water partition coefficient (Wildman–Crippen LogP) is 1.67. The lowest BCUT2D eigenvalue weighted by Gasteiger charge is -2.15. The van der Waals surface area contributed by atoms with Gasteiger partial charge in [0.25, 0.3) is 0 Å². The minimum atomic E-state index is -3.52. The molecule has 2 amide bonds. The molecule has 132 valence electrons. The molecular formula is C17H24N2O4S. The molecule has 0 spiro atoms. The Morgan fingerprint density at radius 1 is 1.33 bits per heavy atom. The predicted molar refractivity (Wildman–Crippen MR) is 92.7 cm³/mol. The zero-order valence-electron chi connectivity index (χ0n) is 14.3. The number of nitrogens with zero attached hydrogens (tertiary/aromatic N) is 1. The van der Waals surface area contributed by atoms with E-state index in [4.69, 9.17) is 0 Å². The fourth-order valence-electron chi connectivity index (χ4n) is 2.69. The SMILES string of the molecule is CCC(C)NC(=O)CCS(=O)(=O)c1ccc2c(c1)CCN2C(C)=O. The van der Waals surface area contributed by atoms with Crippen LogP contribution >= 0.6 is 0 Å². The molecule has 1 aromatic rings. The van der Waals surface area contributed by atoms with Gasteiger partial charge in [-0.15, -0.1) is 0 Å². The zero-order valence-corrected chi connectivity index (χ0v) is 15.1. The summed E-state index contributed by atoms with van der Waals surface area (Å²) < 4.78 is 24.9. The number of amides is 2. The fraction of sp³-hybridized carbons (Fsp3) is 0.529. The molecule has 0 saturated heterocycles. The number of fused-ring (bicyclic) bond motifs is 1. The maximum Gasteiger partial charge on any atom is 0.223 e. The molecule has 1 aliphatic rings. The van der Waals surface area contributed by atoms with Crippen LogP contribution in [-0.2, 0) is 25.8 Å². The van der Waals surface area contributed by atoms with Crippen LogP contribution in [-0.4, -0.2) is 38.6 Å². The molecule has 0 fully saturated rings. The summed E-state index contributed by atoms with van der Waals surface area (Å²) in [5, 5.41) is 2.77. The summed E-state index contributed by atoms with van der Waals surface area (Å²) in [6, 6.07) is 4.86. The van der Waals surface area contributed by atoms with E-state index in [1.807, 2.05) is 13.8 Å². The van der Waals surface area contributed by atoms with Gasteiger partial charge in [-0.2, -0.15) is 0 Å². The summed E-state index contributed by atoms with van der Waals surface area (Å²) in [5.74, 6) is -0.521. The van der Waals surface area contributed by atoms with Crippen molar-refractivity contribution in [2.24, 2.45) is 0 Å². The van der Waals surface area contributed by atoms with E-state index < -0.39 is 9.84 Å². The van der Waals surface area contributed by atoms with Gasteiger partial charge in [-0.3, -0.25) is 9.59 Å². The van der Waals surface area contributed by atoms with Crippen molar-refractivity contribution in [3.05, 3.63) is 23.8 Å². The summed E-state index contributed by atoms with van der Waals surface area (Å²) in [5.41, 5.74) is 1.63. The first-order valence-electron chi connectivity index (χ1n) is 8.17. The van der Waals surface area contributed by atoms with E-state index in [0.29, 0.717) is 13.0 Å². The summed E-state index contributed by atoms with van der Waals surface area (Å²) in [7, 11) is -3.52. The van der Waals surface area contributed by atoms with Crippen molar-refractivity contribution in [1.82, 2.24) is 5.32 Å². The molecule has 0 aromatic heterocycles. The number of hydrogen-bond donors (Lipinski definition) is 1. The van der Waals surface area contributed by atoms with E-state index in [-0.39, 0.29) is 34.9 Å². The van der Waals surface area contributed by atoms with Crippen molar-refractivity contribution in [1.29, 1.82) is 0 Å². The third-order valence-electron chi connectivity index (χ3n) is 4.30. The largest absolute Gasteiger partial charge is 0.354 e. The average Bonchev–Trinajstić information content (AvgIpc) is 2.96. The van der Waals surface area contributed by atoms with Crippen LogP contribution in [0.2, 0.25) is 0 Å². The Balaban J connectivity index is 2.08. The Morgan fingerprint density at radius 3 is 2.67 bits per heavy atom. The molecule has 1 heterocycles. The van der Waals surface area contributed by atoms with Gasteiger partial charge in [0.05, 0.1) is 10.6 Å². The van der Waals surface area contributed by atoms with Crippen LogP contribution in [0.1, 0.15) is 39.2 Å². The Kier molecular flexibility index (Phi) is 5.64. The molecule has 1 aromatic carbocycles. The molecule has 24 heavy (non-hydrogen) atoms. The highest BCUT2D eigenvalue weighted by Crippen LogP contribution is 2.30. The Labute approximate surface area is 143 Å². The molecule has 1 aliphatic heterocycles. The highest BCUT2D eigenvalue weighted by Gasteiger charge is 2.25. The number of rotatable bonds is 6. The van der Waals surface area contributed by atoms with Crippen molar-refractivity contribution in [3.63, 3.8) is 0 Å². The summed E-state index contributed by atoms with van der Waals surface area (Å²) in [6.45, 7) is 5.91. The van der Waals surface area contributed by atoms with Crippen molar-refractivity contribution >= 4 is 27.3 Å². The van der Waals surface area contributed by atoms with Crippen LogP contribution < -0.4 is 10.2 Å². The quantitative estimate of drug-likeness (QED) is 0.844. The number of nitrogens with one attached hydrogen (secondary N) is 1. The van der Waals surface area contributed by atoms with Gasteiger partial charge in [0, 0.05) is 31.6 Å². The highest BCUT2D eigenvalue weighted by molar-refractivity contribution is 7.91. The van der Waals surface area contributed by atoms with Gasteiger partial charge >= 0.3 is 0 Å². The first-order valence-corrected chi connectivity index (χ1v) is 9.83. The van der Waals surface area contributed by atoms with Gasteiger partial charge in [0.1, 0.15) is 0 Å². The molecule has 1 N–H and O–H groups in total. The third-order valence-corrected chi connectivity index (χ3v) is 6.02. The van der Waals surface area contributed by atoms with E-state index in [0.717, 1.165) is 17.7 Å². The van der Waals surface area contributed by atoms with Gasteiger partial charge < -0.3 is 10.2 Å². The van der Waals surface area contributed by atoms with Crippen LogP contribution in [0.25, 0.3) is 0 Å². The first-order chi connectivity index (χ1) is 11.2. The van der Waals surface area contributed by atoms with Gasteiger partial charge in [-0.25, -0.2) is 8.42 Å². The summed E-state index contributed by atoms with van der Waals surface area (Å²) >= 11 is 0. The Hall–Kier alpha value is -1.89. The maximum absolute atomic E-state index is 12.4. The molecule has 1 unspecified atom stereocenters. The summed E-state index contributed by atoms with van der Waals surface area (Å²) in [4.78, 5) is 25.2. The smallest absolute Gasteiger partial charge is 0.223 e. The molecule has 7 heteroatoms. The normalized spacial score (nSPS) is 15.0. The molecule has 0 saturated carbocycles. The fourth-order valence-corrected chi connectivity index (χ4v) is 3.98. The van der Waals surface area contributed by atoms with Crippen LogP contribution in [0.5, 0.6) is 0 Å². The molecule has 1 atom stereocenters. The van der Waals surface area contributed by atoms with Crippen LogP contribution in [0.15, 0.2) is 23.1 Å². The van der Waals surface area contributed by atoms with E-state index in [1.165, 1.54) is 13.0 Å². The molecule has 0 bridgehead atoms. The maximum atomic E-state index is 12.4. The van der Waals surface area contributed by atoms with Crippen molar-refractivity contribution in [2.75, 3.05) is 17.2 Å². The zero-order chi connectivity index (χ0) is 17.9.